The number of unbranched alkanes of at least 4 members (excludes halogenated alkanes) is 32. The van der Waals surface area contributed by atoms with E-state index < -0.39 is 45.6 Å². The van der Waals surface area contributed by atoms with Crippen LogP contribution in [0.4, 0.5) is 11.4 Å². The molecule has 0 bridgehead atoms. The van der Waals surface area contributed by atoms with Crippen LogP contribution < -0.4 is 0 Å². The highest BCUT2D eigenvalue weighted by molar-refractivity contribution is 6.43. The number of amides is 4. The summed E-state index contributed by atoms with van der Waals surface area (Å²) in [6.45, 7) is 8.89. The summed E-state index contributed by atoms with van der Waals surface area (Å²) in [6, 6.07) is 8.31. The molecule has 7 rings (SSSR count). The minimum Gasteiger partial charge on any atom is -0.271 e. The van der Waals surface area contributed by atoms with Crippen molar-refractivity contribution < 1.29 is 29.0 Å². The van der Waals surface area contributed by atoms with Crippen LogP contribution in [0.25, 0.3) is 43.1 Å². The maximum absolute atomic E-state index is 15.2. The van der Waals surface area contributed by atoms with Crippen molar-refractivity contribution in [2.45, 2.75) is 297 Å². The van der Waals surface area contributed by atoms with E-state index in [1.54, 1.807) is 24.3 Å². The standard InChI is InChI=1S/C70H100N4O8/c1-5-9-13-17-21-25-29-33-37-41-51(42-38-34-30-26-22-18-14-10-6-2)71-67(75)55-47-45-53-64-60(74(81)82)50-58-62-56(48-46-54(66(62)64)63-59(73(79)80)49-57(69(71)77)61(55)65(53)63)68(76)72(70(58)78)52(43-39-35-31-27-23-19-15-11-7-3)44-40-36-32-28-24-20-16-12-8-4/h45-52H,5-44H2,1-4H3. The minimum absolute atomic E-state index is 0.0359. The fourth-order valence-electron chi connectivity index (χ4n) is 14.0. The predicted molar refractivity (Wildman–Crippen MR) is 337 cm³/mol. The first-order valence-corrected chi connectivity index (χ1v) is 33.3. The van der Waals surface area contributed by atoms with E-state index in [1.165, 1.54) is 150 Å². The zero-order valence-electron chi connectivity index (χ0n) is 51.0. The van der Waals surface area contributed by atoms with Gasteiger partial charge in [-0.2, -0.15) is 0 Å². The zero-order chi connectivity index (χ0) is 58.4. The second-order valence-electron chi connectivity index (χ2n) is 24.7. The predicted octanol–water partition coefficient (Wildman–Crippen LogP) is 21.2. The lowest BCUT2D eigenvalue weighted by atomic mass is 9.80. The quantitative estimate of drug-likeness (QED) is 0.00930. The zero-order valence-corrected chi connectivity index (χ0v) is 51.0. The van der Waals surface area contributed by atoms with Crippen molar-refractivity contribution in [2.75, 3.05) is 0 Å². The fraction of sp³-hybridized carbons (Fsp3) is 0.657. The average Bonchev–Trinajstić information content (AvgIpc) is 3.51. The van der Waals surface area contributed by atoms with E-state index in [-0.39, 0.29) is 76.7 Å². The van der Waals surface area contributed by atoms with Crippen LogP contribution >= 0.6 is 0 Å². The van der Waals surface area contributed by atoms with Gasteiger partial charge in [-0.1, -0.05) is 271 Å². The molecule has 12 nitrogen and oxygen atoms in total. The Hall–Kier alpha value is -5.52. The van der Waals surface area contributed by atoms with E-state index in [9.17, 15) is 20.2 Å². The molecule has 4 amide bonds. The largest absolute Gasteiger partial charge is 0.278 e. The van der Waals surface area contributed by atoms with Crippen LogP contribution in [0.1, 0.15) is 326 Å². The second kappa shape index (κ2) is 33.1. The van der Waals surface area contributed by atoms with Crippen LogP contribution in [-0.2, 0) is 0 Å². The third-order valence-corrected chi connectivity index (χ3v) is 18.5. The van der Waals surface area contributed by atoms with Gasteiger partial charge >= 0.3 is 0 Å². The molecule has 0 fully saturated rings. The van der Waals surface area contributed by atoms with E-state index in [0.29, 0.717) is 25.7 Å². The van der Waals surface area contributed by atoms with Crippen LogP contribution in [-0.4, -0.2) is 55.4 Å². The maximum atomic E-state index is 15.2. The second-order valence-corrected chi connectivity index (χ2v) is 24.7. The number of benzene rings is 5. The lowest BCUT2D eigenvalue weighted by Crippen LogP contribution is -2.47. The number of nitro groups is 2. The Morgan fingerprint density at radius 1 is 0.317 bits per heavy atom. The first-order chi connectivity index (χ1) is 40.0. The van der Waals surface area contributed by atoms with Crippen molar-refractivity contribution in [3.63, 3.8) is 0 Å². The molecule has 0 saturated heterocycles. The van der Waals surface area contributed by atoms with Crippen molar-refractivity contribution in [1.29, 1.82) is 0 Å². The van der Waals surface area contributed by atoms with Crippen molar-refractivity contribution in [1.82, 2.24) is 9.80 Å². The number of nitrogens with zero attached hydrogens (tertiary/aromatic N) is 4. The van der Waals surface area contributed by atoms with E-state index in [1.807, 2.05) is 0 Å². The van der Waals surface area contributed by atoms with Crippen molar-refractivity contribution in [2.24, 2.45) is 0 Å². The minimum atomic E-state index is -0.581. The van der Waals surface area contributed by atoms with Crippen LogP contribution in [0, 0.1) is 20.2 Å². The molecule has 2 aliphatic rings. The van der Waals surface area contributed by atoms with Crippen LogP contribution in [0.5, 0.6) is 0 Å². The Morgan fingerprint density at radius 3 is 0.793 bits per heavy atom. The molecular weight excluding hydrogens is 1020 g/mol. The smallest absolute Gasteiger partial charge is 0.271 e. The number of carbonyl (C=O) groups is 4. The van der Waals surface area contributed by atoms with Crippen molar-refractivity contribution >= 4 is 78.1 Å². The van der Waals surface area contributed by atoms with Gasteiger partial charge in [-0.25, -0.2) is 0 Å². The Balaban J connectivity index is 1.23. The van der Waals surface area contributed by atoms with E-state index in [0.717, 1.165) is 103 Å². The normalized spacial score (nSPS) is 13.6. The summed E-state index contributed by atoms with van der Waals surface area (Å²) in [5.74, 6) is -2.08. The molecule has 5 aromatic rings. The average molecular weight is 1130 g/mol. The molecule has 2 aliphatic heterocycles. The van der Waals surface area contributed by atoms with Crippen LogP contribution in [0.15, 0.2) is 36.4 Å². The Bertz CT molecular complexity index is 2690. The lowest BCUT2D eigenvalue weighted by molar-refractivity contribution is -0.383. The number of nitro benzene ring substituents is 2. The number of hydrogen-bond donors (Lipinski definition) is 0. The summed E-state index contributed by atoms with van der Waals surface area (Å²) < 4.78 is 0. The van der Waals surface area contributed by atoms with Gasteiger partial charge in [0.15, 0.2) is 0 Å². The number of imide groups is 2. The SMILES string of the molecule is CCCCCCCCCCCC(CCCCCCCCCCC)N1C(=O)c2ccc3c4c([N+](=O)[O-])cc5c6c(ccc(c7c([N+](=O)[O-])cc(c2c37)C1=O)c64)C(=O)N(C(CCCCCCCCCCC)CCCCCCCCCCC)C5=O. The van der Waals surface area contributed by atoms with E-state index in [2.05, 4.69) is 27.7 Å². The number of non-ortho nitro benzene ring substituents is 2. The maximum Gasteiger partial charge on any atom is 0.278 e. The van der Waals surface area contributed by atoms with Crippen LogP contribution in [0.3, 0.4) is 0 Å². The van der Waals surface area contributed by atoms with Gasteiger partial charge < -0.3 is 0 Å². The van der Waals surface area contributed by atoms with Gasteiger partial charge in [-0.15, -0.1) is 0 Å². The lowest BCUT2D eigenvalue weighted by Gasteiger charge is -2.35. The number of fused-ring (bicyclic) bond motifs is 2. The third kappa shape index (κ3) is 15.6. The summed E-state index contributed by atoms with van der Waals surface area (Å²) in [5.41, 5.74) is -0.205. The molecule has 0 aliphatic carbocycles. The number of hydrogen-bond acceptors (Lipinski definition) is 8. The van der Waals surface area contributed by atoms with Gasteiger partial charge in [0, 0.05) is 56.9 Å². The summed E-state index contributed by atoms with van der Waals surface area (Å²) >= 11 is 0. The van der Waals surface area contributed by atoms with E-state index in [4.69, 9.17) is 0 Å². The van der Waals surface area contributed by atoms with Crippen molar-refractivity contribution in [3.05, 3.63) is 78.9 Å². The molecule has 12 heteroatoms. The number of carbonyl (C=O) groups excluding carboxylic acids is 4. The monoisotopic (exact) mass is 1120 g/mol. The van der Waals surface area contributed by atoms with Gasteiger partial charge in [0.05, 0.1) is 31.7 Å². The molecule has 82 heavy (non-hydrogen) atoms. The molecule has 0 aromatic heterocycles. The van der Waals surface area contributed by atoms with Crippen LogP contribution in [0.2, 0.25) is 0 Å². The van der Waals surface area contributed by atoms with Gasteiger partial charge in [0.1, 0.15) is 0 Å². The molecule has 2 heterocycles. The fourth-order valence-corrected chi connectivity index (χ4v) is 14.0. The molecule has 448 valence electrons. The Labute approximate surface area is 490 Å². The van der Waals surface area contributed by atoms with E-state index >= 15 is 19.2 Å². The molecule has 0 N–H and O–H groups in total. The molecule has 0 unspecified atom stereocenters. The first kappa shape index (κ1) is 64.0. The van der Waals surface area contributed by atoms with Gasteiger partial charge in [-0.05, 0) is 48.6 Å². The summed E-state index contributed by atoms with van der Waals surface area (Å²) in [5, 5.41) is 28.8. The third-order valence-electron chi connectivity index (χ3n) is 18.5. The van der Waals surface area contributed by atoms with Gasteiger partial charge in [-0.3, -0.25) is 49.2 Å². The summed E-state index contributed by atoms with van der Waals surface area (Å²) in [7, 11) is 0. The summed E-state index contributed by atoms with van der Waals surface area (Å²) in [4.78, 5) is 89.4. The highest BCUT2D eigenvalue weighted by Crippen LogP contribution is 2.52. The Kier molecular flexibility index (Phi) is 25.9. The highest BCUT2D eigenvalue weighted by atomic mass is 16.6. The van der Waals surface area contributed by atoms with Gasteiger partial charge in [0.2, 0.25) is 0 Å². The van der Waals surface area contributed by atoms with Crippen molar-refractivity contribution in [3.8, 4) is 0 Å². The molecule has 0 atom stereocenters. The highest BCUT2D eigenvalue weighted by Gasteiger charge is 2.43. The molecular formula is C70H100N4O8. The molecule has 0 spiro atoms. The molecule has 5 aromatic carbocycles. The Morgan fingerprint density at radius 2 is 0.549 bits per heavy atom. The first-order valence-electron chi connectivity index (χ1n) is 33.3. The molecule has 0 radical (unpaired) electrons. The number of rotatable bonds is 44. The molecule has 0 saturated carbocycles. The topological polar surface area (TPSA) is 161 Å². The van der Waals surface area contributed by atoms with Gasteiger partial charge in [0.25, 0.3) is 35.0 Å². The summed E-state index contributed by atoms with van der Waals surface area (Å²) in [6.07, 6.45) is 43.5.